The third kappa shape index (κ3) is 2.99. The van der Waals surface area contributed by atoms with Gasteiger partial charge in [0.25, 0.3) is 5.91 Å². The first-order valence-electron chi connectivity index (χ1n) is 7.40. The smallest absolute Gasteiger partial charge is 0.257 e. The number of rotatable bonds is 4. The minimum atomic E-state index is -0.741. The molecule has 2 rings (SSSR count). The van der Waals surface area contributed by atoms with E-state index in [4.69, 9.17) is 22.7 Å². The first-order chi connectivity index (χ1) is 10.8. The average Bonchev–Trinajstić information content (AvgIpc) is 2.46. The minimum absolute atomic E-state index is 0.121. The maximum absolute atomic E-state index is 12.5. The van der Waals surface area contributed by atoms with Crippen molar-refractivity contribution in [3.63, 3.8) is 0 Å². The summed E-state index contributed by atoms with van der Waals surface area (Å²) in [6.07, 6.45) is 3.85. The number of hydrogen-bond acceptors (Lipinski definition) is 5. The zero-order valence-corrected chi connectivity index (χ0v) is 14.2. The maximum atomic E-state index is 12.5. The molecule has 5 N–H and O–H groups in total. The Kier molecular flexibility index (Phi) is 4.85. The predicted molar refractivity (Wildman–Crippen MR) is 90.6 cm³/mol. The van der Waals surface area contributed by atoms with Gasteiger partial charge in [0, 0.05) is 40.5 Å². The van der Waals surface area contributed by atoms with Gasteiger partial charge in [0.05, 0.1) is 5.03 Å². The molecule has 0 radical (unpaired) electrons. The lowest BCUT2D eigenvalue weighted by Gasteiger charge is -2.37. The minimum Gasteiger partial charge on any atom is -0.507 e. The van der Waals surface area contributed by atoms with Crippen LogP contribution in [0.25, 0.3) is 0 Å². The average molecular weight is 337 g/mol. The monoisotopic (exact) mass is 336 g/mol. The van der Waals surface area contributed by atoms with E-state index < -0.39 is 6.17 Å². The largest absolute Gasteiger partial charge is 0.507 e. The van der Waals surface area contributed by atoms with Crippen LogP contribution in [0.4, 0.5) is 0 Å². The summed E-state index contributed by atoms with van der Waals surface area (Å²) in [6.45, 7) is 5.20. The predicted octanol–water partition coefficient (Wildman–Crippen LogP) is 2.61. The fourth-order valence-electron chi connectivity index (χ4n) is 2.77. The van der Waals surface area contributed by atoms with Gasteiger partial charge in [-0.2, -0.15) is 0 Å². The van der Waals surface area contributed by atoms with Crippen LogP contribution in [0, 0.1) is 5.41 Å². The highest BCUT2D eigenvalue weighted by molar-refractivity contribution is 6.33. The summed E-state index contributed by atoms with van der Waals surface area (Å²) in [5.41, 5.74) is 7.71. The van der Waals surface area contributed by atoms with E-state index in [1.165, 1.54) is 11.1 Å². The number of nitrogens with zero attached hydrogens (tertiary/aromatic N) is 1. The second kappa shape index (κ2) is 6.50. The summed E-state index contributed by atoms with van der Waals surface area (Å²) in [6, 6.07) is 0. The van der Waals surface area contributed by atoms with Crippen molar-refractivity contribution in [2.45, 2.75) is 39.8 Å². The molecule has 2 heterocycles. The molecule has 23 heavy (non-hydrogen) atoms. The van der Waals surface area contributed by atoms with E-state index in [1.807, 2.05) is 6.92 Å². The van der Waals surface area contributed by atoms with Crippen molar-refractivity contribution in [2.24, 2.45) is 5.73 Å². The van der Waals surface area contributed by atoms with Gasteiger partial charge in [-0.3, -0.25) is 9.69 Å². The Morgan fingerprint density at radius 1 is 1.52 bits per heavy atom. The summed E-state index contributed by atoms with van der Waals surface area (Å²) >= 11 is 6.29. The number of aliphatic hydroxyl groups excluding tert-OH is 1. The highest BCUT2D eigenvalue weighted by Crippen LogP contribution is 2.35. The zero-order valence-electron chi connectivity index (χ0n) is 13.4. The first-order valence-corrected chi connectivity index (χ1v) is 7.78. The Balaban J connectivity index is 2.52. The van der Waals surface area contributed by atoms with Crippen LogP contribution in [0.5, 0.6) is 0 Å². The molecule has 2 aliphatic heterocycles. The van der Waals surface area contributed by atoms with Crippen LogP contribution in [0.15, 0.2) is 45.6 Å². The number of fused-ring (bicyclic) bond motifs is 1. The molecule has 6 nitrogen and oxygen atoms in total. The lowest BCUT2D eigenvalue weighted by Crippen LogP contribution is -2.51. The van der Waals surface area contributed by atoms with Crippen LogP contribution >= 0.6 is 11.6 Å². The molecule has 0 aromatic heterocycles. The maximum Gasteiger partial charge on any atom is 0.257 e. The molecular weight excluding hydrogens is 316 g/mol. The molecular formula is C16H21ClN4O2. The van der Waals surface area contributed by atoms with Crippen LogP contribution < -0.4 is 11.1 Å². The molecule has 7 heteroatoms. The summed E-state index contributed by atoms with van der Waals surface area (Å²) < 4.78 is 0. The Morgan fingerprint density at radius 3 is 2.70 bits per heavy atom. The van der Waals surface area contributed by atoms with E-state index in [9.17, 15) is 9.90 Å². The van der Waals surface area contributed by atoms with Crippen LogP contribution in [0.3, 0.4) is 0 Å². The Morgan fingerprint density at radius 2 is 2.17 bits per heavy atom. The van der Waals surface area contributed by atoms with Crippen molar-refractivity contribution in [3.8, 4) is 0 Å². The second-order valence-electron chi connectivity index (χ2n) is 5.62. The number of carbonyl (C=O) groups excluding carboxylic acids is 1. The number of nitrogens with two attached hydrogens (primary N) is 1. The first kappa shape index (κ1) is 17.1. The third-order valence-electron chi connectivity index (χ3n) is 3.75. The third-order valence-corrected chi connectivity index (χ3v) is 4.03. The highest BCUT2D eigenvalue weighted by atomic mass is 35.5. The standard InChI is InChI=1S/C16H21ClN4O2/c1-4-5-10-6-20-15-14(22)13(12(8(2)18)9(3)19)11(17)7-21(15)16(10)23/h6-7,15,18,20,22H,4-5,19H2,1-3H3/b12-9+,18-8?. The van der Waals surface area contributed by atoms with E-state index >= 15 is 0 Å². The van der Waals surface area contributed by atoms with E-state index in [0.29, 0.717) is 23.3 Å². The molecule has 2 aliphatic rings. The Labute approximate surface area is 140 Å². The van der Waals surface area contributed by atoms with Crippen molar-refractivity contribution in [1.29, 1.82) is 5.41 Å². The molecule has 124 valence electrons. The number of nitrogens with one attached hydrogen (secondary N) is 2. The van der Waals surface area contributed by atoms with Gasteiger partial charge in [-0.15, -0.1) is 0 Å². The summed E-state index contributed by atoms with van der Waals surface area (Å²) in [5.74, 6) is -0.315. The highest BCUT2D eigenvalue weighted by Gasteiger charge is 2.37. The van der Waals surface area contributed by atoms with Gasteiger partial charge in [-0.05, 0) is 20.3 Å². The molecule has 0 spiro atoms. The molecule has 0 aromatic rings. The number of carbonyl (C=O) groups is 1. The molecule has 1 atom stereocenters. The van der Waals surface area contributed by atoms with Crippen molar-refractivity contribution in [3.05, 3.63) is 45.6 Å². The fraction of sp³-hybridized carbons (Fsp3) is 0.375. The number of aliphatic hydroxyl groups is 1. The summed E-state index contributed by atoms with van der Waals surface area (Å²) in [7, 11) is 0. The van der Waals surface area contributed by atoms with Crippen LogP contribution in [0.2, 0.25) is 0 Å². The van der Waals surface area contributed by atoms with Crippen molar-refractivity contribution in [2.75, 3.05) is 0 Å². The number of amides is 1. The Hall–Kier alpha value is -2.21. The van der Waals surface area contributed by atoms with Crippen molar-refractivity contribution < 1.29 is 9.90 Å². The van der Waals surface area contributed by atoms with E-state index in [-0.39, 0.29) is 28.0 Å². The zero-order chi connectivity index (χ0) is 17.3. The second-order valence-corrected chi connectivity index (χ2v) is 6.03. The summed E-state index contributed by atoms with van der Waals surface area (Å²) in [5, 5.41) is 21.7. The molecule has 0 saturated carbocycles. The Bertz CT molecular complexity index is 684. The van der Waals surface area contributed by atoms with Gasteiger partial charge < -0.3 is 21.6 Å². The van der Waals surface area contributed by atoms with E-state index in [2.05, 4.69) is 5.32 Å². The summed E-state index contributed by atoms with van der Waals surface area (Å²) in [4.78, 5) is 13.9. The molecule has 0 fully saturated rings. The molecule has 0 bridgehead atoms. The van der Waals surface area contributed by atoms with Gasteiger partial charge in [0.1, 0.15) is 5.76 Å². The quantitative estimate of drug-likeness (QED) is 0.592. The lowest BCUT2D eigenvalue weighted by molar-refractivity contribution is -0.127. The molecule has 0 saturated heterocycles. The molecule has 0 aromatic carbocycles. The van der Waals surface area contributed by atoms with Crippen LogP contribution in [-0.4, -0.2) is 27.8 Å². The number of allylic oxidation sites excluding steroid dienone is 4. The van der Waals surface area contributed by atoms with Crippen LogP contribution in [-0.2, 0) is 4.79 Å². The van der Waals surface area contributed by atoms with E-state index in [1.54, 1.807) is 20.0 Å². The van der Waals surface area contributed by atoms with Gasteiger partial charge in [-0.25, -0.2) is 0 Å². The topological polar surface area (TPSA) is 102 Å². The molecule has 1 unspecified atom stereocenters. The normalized spacial score (nSPS) is 22.0. The fourth-order valence-corrected chi connectivity index (χ4v) is 3.07. The van der Waals surface area contributed by atoms with Crippen LogP contribution in [0.1, 0.15) is 33.6 Å². The van der Waals surface area contributed by atoms with Crippen molar-refractivity contribution >= 4 is 23.2 Å². The number of halogens is 1. The van der Waals surface area contributed by atoms with Gasteiger partial charge in [0.15, 0.2) is 6.17 Å². The van der Waals surface area contributed by atoms with Gasteiger partial charge in [-0.1, -0.05) is 24.9 Å². The van der Waals surface area contributed by atoms with E-state index in [0.717, 1.165) is 6.42 Å². The van der Waals surface area contributed by atoms with Gasteiger partial charge >= 0.3 is 0 Å². The lowest BCUT2D eigenvalue weighted by atomic mass is 9.94. The number of hydrogen-bond donors (Lipinski definition) is 4. The van der Waals surface area contributed by atoms with Gasteiger partial charge in [0.2, 0.25) is 0 Å². The molecule has 1 amide bonds. The van der Waals surface area contributed by atoms with Crippen molar-refractivity contribution in [1.82, 2.24) is 10.2 Å². The SMILES string of the molecule is CCCC1=CNC2C(O)=C(/C(C(C)=N)=C(\C)N)C(Cl)=CN2C1=O. The molecule has 0 aliphatic carbocycles.